The van der Waals surface area contributed by atoms with Gasteiger partial charge in [-0.1, -0.05) is 0 Å². The molecule has 90 valence electrons. The van der Waals surface area contributed by atoms with E-state index in [4.69, 9.17) is 9.47 Å². The fraction of sp³-hybridized carbons (Fsp3) is 0.769. The third kappa shape index (κ3) is 3.34. The maximum absolute atomic E-state index is 11.8. The number of hydrogen-bond acceptors (Lipinski definition) is 3. The molecule has 0 N–H and O–H groups in total. The predicted octanol–water partition coefficient (Wildman–Crippen LogP) is 2.60. The SMILES string of the molecule is O=C(CCC1CCCCO1)C1=CCCCO1. The Morgan fingerprint density at radius 3 is 2.94 bits per heavy atom. The second-order valence-electron chi connectivity index (χ2n) is 4.51. The third-order valence-corrected chi connectivity index (χ3v) is 3.18. The van der Waals surface area contributed by atoms with Gasteiger partial charge in [0.25, 0.3) is 0 Å². The zero-order valence-electron chi connectivity index (χ0n) is 9.74. The predicted molar refractivity (Wildman–Crippen MR) is 61.1 cm³/mol. The Bertz CT molecular complexity index is 264. The lowest BCUT2D eigenvalue weighted by molar-refractivity contribution is -0.120. The number of ketones is 1. The van der Waals surface area contributed by atoms with Crippen LogP contribution in [-0.2, 0) is 14.3 Å². The summed E-state index contributed by atoms with van der Waals surface area (Å²) < 4.78 is 11.0. The van der Waals surface area contributed by atoms with Crippen molar-refractivity contribution in [3.05, 3.63) is 11.8 Å². The van der Waals surface area contributed by atoms with Gasteiger partial charge < -0.3 is 9.47 Å². The van der Waals surface area contributed by atoms with Crippen LogP contribution in [0.4, 0.5) is 0 Å². The molecule has 3 heteroatoms. The molecule has 2 aliphatic heterocycles. The van der Waals surface area contributed by atoms with E-state index in [0.29, 0.717) is 24.9 Å². The molecule has 0 spiro atoms. The topological polar surface area (TPSA) is 35.5 Å². The van der Waals surface area contributed by atoms with Crippen molar-refractivity contribution in [2.75, 3.05) is 13.2 Å². The van der Waals surface area contributed by atoms with Crippen molar-refractivity contribution in [1.82, 2.24) is 0 Å². The Labute approximate surface area is 96.8 Å². The van der Waals surface area contributed by atoms with Crippen molar-refractivity contribution in [2.45, 2.75) is 51.0 Å². The van der Waals surface area contributed by atoms with Crippen molar-refractivity contribution in [3.63, 3.8) is 0 Å². The highest BCUT2D eigenvalue weighted by Crippen LogP contribution is 2.19. The first-order valence-corrected chi connectivity index (χ1v) is 6.34. The van der Waals surface area contributed by atoms with Gasteiger partial charge in [0, 0.05) is 13.0 Å². The van der Waals surface area contributed by atoms with Gasteiger partial charge in [-0.3, -0.25) is 4.79 Å². The lowest BCUT2D eigenvalue weighted by atomic mass is 10.0. The molecular formula is C13H20O3. The molecule has 0 bridgehead atoms. The van der Waals surface area contributed by atoms with Crippen molar-refractivity contribution >= 4 is 5.78 Å². The second kappa shape index (κ2) is 6.04. The molecule has 0 aromatic heterocycles. The zero-order chi connectivity index (χ0) is 11.2. The number of carbonyl (C=O) groups excluding carboxylic acids is 1. The fourth-order valence-corrected chi connectivity index (χ4v) is 2.20. The molecular weight excluding hydrogens is 204 g/mol. The number of ether oxygens (including phenoxy) is 2. The van der Waals surface area contributed by atoms with Gasteiger partial charge in [-0.05, 0) is 44.6 Å². The molecule has 1 unspecified atom stereocenters. The lowest BCUT2D eigenvalue weighted by Crippen LogP contribution is -2.21. The standard InChI is InChI=1S/C13H20O3/c14-12(13-6-2-4-10-16-13)8-7-11-5-1-3-9-15-11/h6,11H,1-5,7-10H2. The Hall–Kier alpha value is -0.830. The first-order chi connectivity index (χ1) is 7.86. The van der Waals surface area contributed by atoms with E-state index in [0.717, 1.165) is 32.3 Å². The van der Waals surface area contributed by atoms with E-state index < -0.39 is 0 Å². The smallest absolute Gasteiger partial charge is 0.197 e. The molecule has 0 radical (unpaired) electrons. The molecule has 2 heterocycles. The largest absolute Gasteiger partial charge is 0.490 e. The Balaban J connectivity index is 1.72. The highest BCUT2D eigenvalue weighted by atomic mass is 16.5. The van der Waals surface area contributed by atoms with E-state index in [1.54, 1.807) is 0 Å². The van der Waals surface area contributed by atoms with Crippen LogP contribution in [0, 0.1) is 0 Å². The third-order valence-electron chi connectivity index (χ3n) is 3.18. The first-order valence-electron chi connectivity index (χ1n) is 6.34. The molecule has 0 saturated carbocycles. The first kappa shape index (κ1) is 11.6. The summed E-state index contributed by atoms with van der Waals surface area (Å²) in [6, 6.07) is 0. The highest BCUT2D eigenvalue weighted by molar-refractivity contribution is 5.93. The monoisotopic (exact) mass is 224 g/mol. The summed E-state index contributed by atoms with van der Waals surface area (Å²) in [7, 11) is 0. The van der Waals surface area contributed by atoms with Gasteiger partial charge in [0.1, 0.15) is 0 Å². The van der Waals surface area contributed by atoms with E-state index >= 15 is 0 Å². The Morgan fingerprint density at radius 1 is 1.31 bits per heavy atom. The van der Waals surface area contributed by atoms with Crippen LogP contribution in [0.15, 0.2) is 11.8 Å². The van der Waals surface area contributed by atoms with E-state index in [-0.39, 0.29) is 5.78 Å². The van der Waals surface area contributed by atoms with Gasteiger partial charge >= 0.3 is 0 Å². The molecule has 0 aromatic rings. The summed E-state index contributed by atoms with van der Waals surface area (Å²) in [5, 5.41) is 0. The molecule has 1 saturated heterocycles. The van der Waals surface area contributed by atoms with E-state index in [1.807, 2.05) is 6.08 Å². The molecule has 0 aliphatic carbocycles. The minimum atomic E-state index is 0.147. The normalized spacial score (nSPS) is 25.8. The quantitative estimate of drug-likeness (QED) is 0.736. The minimum Gasteiger partial charge on any atom is -0.490 e. The van der Waals surface area contributed by atoms with Gasteiger partial charge in [-0.25, -0.2) is 0 Å². The summed E-state index contributed by atoms with van der Waals surface area (Å²) in [5.74, 6) is 0.732. The van der Waals surface area contributed by atoms with Crippen LogP contribution in [0.2, 0.25) is 0 Å². The van der Waals surface area contributed by atoms with Crippen molar-refractivity contribution in [2.24, 2.45) is 0 Å². The van der Waals surface area contributed by atoms with Gasteiger partial charge in [0.05, 0.1) is 12.7 Å². The van der Waals surface area contributed by atoms with Crippen LogP contribution in [0.1, 0.15) is 44.9 Å². The van der Waals surface area contributed by atoms with Crippen LogP contribution >= 0.6 is 0 Å². The van der Waals surface area contributed by atoms with Crippen molar-refractivity contribution in [3.8, 4) is 0 Å². The number of allylic oxidation sites excluding steroid dienone is 2. The molecule has 0 amide bonds. The van der Waals surface area contributed by atoms with Gasteiger partial charge in [-0.2, -0.15) is 0 Å². The fourth-order valence-electron chi connectivity index (χ4n) is 2.20. The number of carbonyl (C=O) groups is 1. The van der Waals surface area contributed by atoms with Gasteiger partial charge in [-0.15, -0.1) is 0 Å². The highest BCUT2D eigenvalue weighted by Gasteiger charge is 2.18. The molecule has 2 rings (SSSR count). The van der Waals surface area contributed by atoms with Crippen LogP contribution in [-0.4, -0.2) is 25.1 Å². The van der Waals surface area contributed by atoms with Crippen LogP contribution < -0.4 is 0 Å². The summed E-state index contributed by atoms with van der Waals surface area (Å²) in [4.78, 5) is 11.8. The zero-order valence-corrected chi connectivity index (χ0v) is 9.74. The molecule has 3 nitrogen and oxygen atoms in total. The summed E-state index contributed by atoms with van der Waals surface area (Å²) >= 11 is 0. The van der Waals surface area contributed by atoms with Crippen molar-refractivity contribution < 1.29 is 14.3 Å². The maximum Gasteiger partial charge on any atom is 0.197 e. The summed E-state index contributed by atoms with van der Waals surface area (Å²) in [6.07, 6.45) is 9.14. The van der Waals surface area contributed by atoms with E-state index in [1.165, 1.54) is 12.8 Å². The Kier molecular flexibility index (Phi) is 4.40. The molecule has 0 aromatic carbocycles. The van der Waals surface area contributed by atoms with Crippen LogP contribution in [0.3, 0.4) is 0 Å². The number of rotatable bonds is 4. The van der Waals surface area contributed by atoms with Gasteiger partial charge in [0.15, 0.2) is 11.5 Å². The molecule has 2 aliphatic rings. The van der Waals surface area contributed by atoms with E-state index in [9.17, 15) is 4.79 Å². The minimum absolute atomic E-state index is 0.147. The van der Waals surface area contributed by atoms with Crippen molar-refractivity contribution in [1.29, 1.82) is 0 Å². The van der Waals surface area contributed by atoms with Crippen LogP contribution in [0.25, 0.3) is 0 Å². The second-order valence-corrected chi connectivity index (χ2v) is 4.51. The molecule has 1 fully saturated rings. The average molecular weight is 224 g/mol. The lowest BCUT2D eigenvalue weighted by Gasteiger charge is -2.22. The maximum atomic E-state index is 11.8. The Morgan fingerprint density at radius 2 is 2.25 bits per heavy atom. The number of Topliss-reactive ketones (excluding diaryl/α,β-unsaturated/α-hetero) is 1. The summed E-state index contributed by atoms with van der Waals surface area (Å²) in [6.45, 7) is 1.55. The van der Waals surface area contributed by atoms with Gasteiger partial charge in [0.2, 0.25) is 0 Å². The average Bonchev–Trinajstić information content (AvgIpc) is 2.38. The summed E-state index contributed by atoms with van der Waals surface area (Å²) in [5.41, 5.74) is 0. The molecule has 16 heavy (non-hydrogen) atoms. The molecule has 1 atom stereocenters. The van der Waals surface area contributed by atoms with E-state index in [2.05, 4.69) is 0 Å². The number of hydrogen-bond donors (Lipinski definition) is 0. The van der Waals surface area contributed by atoms with Crippen LogP contribution in [0.5, 0.6) is 0 Å².